The maximum absolute atomic E-state index is 12.1. The van der Waals surface area contributed by atoms with Crippen LogP contribution < -0.4 is 5.73 Å². The molecule has 4 nitrogen and oxygen atoms in total. The molecule has 2 rings (SSSR count). The summed E-state index contributed by atoms with van der Waals surface area (Å²) in [4.78, 5) is 0. The normalized spacial score (nSPS) is 11.1. The van der Waals surface area contributed by atoms with E-state index in [2.05, 4.69) is 10.3 Å². The summed E-state index contributed by atoms with van der Waals surface area (Å²) in [6.07, 6.45) is 5.43. The molecule has 1 heterocycles. The van der Waals surface area contributed by atoms with Gasteiger partial charge in [-0.2, -0.15) is 0 Å². The summed E-state index contributed by atoms with van der Waals surface area (Å²) < 4.78 is 13.5. The van der Waals surface area contributed by atoms with Gasteiger partial charge in [-0.3, -0.25) is 0 Å². The zero-order chi connectivity index (χ0) is 12.1. The fourth-order valence-electron chi connectivity index (χ4n) is 1.37. The van der Waals surface area contributed by atoms with Crippen molar-refractivity contribution >= 4 is 17.8 Å². The molecule has 1 aromatic carbocycles. The van der Waals surface area contributed by atoms with Crippen LogP contribution in [0, 0.1) is 0 Å². The summed E-state index contributed by atoms with van der Waals surface area (Å²) >= 11 is 0. The summed E-state index contributed by atoms with van der Waals surface area (Å²) in [5.41, 5.74) is 8.05. The van der Waals surface area contributed by atoms with Crippen LogP contribution in [0.15, 0.2) is 30.5 Å². The molecule has 2 N–H and O–H groups in total. The van der Waals surface area contributed by atoms with Gasteiger partial charge in [-0.25, -0.2) is 9.07 Å². The molecule has 5 heteroatoms. The molecular formula is C12H13FN4. The molecule has 0 radical (unpaired) electrons. The van der Waals surface area contributed by atoms with Gasteiger partial charge in [0, 0.05) is 5.69 Å². The van der Waals surface area contributed by atoms with Crippen molar-refractivity contribution < 1.29 is 4.39 Å². The molecule has 0 unspecified atom stereocenters. The van der Waals surface area contributed by atoms with Gasteiger partial charge in [0.1, 0.15) is 12.4 Å². The highest BCUT2D eigenvalue weighted by molar-refractivity contribution is 5.68. The third kappa shape index (κ3) is 3.14. The maximum Gasteiger partial charge on any atom is 0.109 e. The Labute approximate surface area is 98.6 Å². The average Bonchev–Trinajstić information content (AvgIpc) is 2.77. The lowest BCUT2D eigenvalue weighted by Gasteiger charge is -1.93. The second-order valence-electron chi connectivity index (χ2n) is 3.60. The molecule has 0 bridgehead atoms. The lowest BCUT2D eigenvalue weighted by molar-refractivity contribution is 0.422. The Kier molecular flexibility index (Phi) is 3.49. The molecule has 0 amide bonds. The summed E-state index contributed by atoms with van der Waals surface area (Å²) in [7, 11) is 0. The van der Waals surface area contributed by atoms with Crippen molar-refractivity contribution in [3.8, 4) is 0 Å². The highest BCUT2D eigenvalue weighted by Crippen LogP contribution is 2.09. The Balaban J connectivity index is 2.06. The number of nitrogens with two attached hydrogens (primary N) is 1. The Morgan fingerprint density at radius 1 is 1.24 bits per heavy atom. The largest absolute Gasteiger partial charge is 0.399 e. The van der Waals surface area contributed by atoms with Crippen LogP contribution in [0.5, 0.6) is 0 Å². The van der Waals surface area contributed by atoms with Gasteiger partial charge in [-0.15, -0.1) is 5.10 Å². The monoisotopic (exact) mass is 232 g/mol. The average molecular weight is 232 g/mol. The van der Waals surface area contributed by atoms with E-state index in [1.54, 1.807) is 6.20 Å². The molecule has 17 heavy (non-hydrogen) atoms. The molecule has 1 aromatic heterocycles. The van der Waals surface area contributed by atoms with Crippen molar-refractivity contribution in [2.75, 3.05) is 12.4 Å². The first-order chi connectivity index (χ1) is 8.28. The second kappa shape index (κ2) is 5.25. The van der Waals surface area contributed by atoms with Gasteiger partial charge >= 0.3 is 0 Å². The van der Waals surface area contributed by atoms with Gasteiger partial charge in [0.2, 0.25) is 0 Å². The number of nitrogens with zero attached hydrogens (tertiary/aromatic N) is 3. The van der Waals surface area contributed by atoms with Crippen LogP contribution in [0.4, 0.5) is 10.1 Å². The van der Waals surface area contributed by atoms with Crippen LogP contribution in [0.25, 0.3) is 12.2 Å². The first-order valence-electron chi connectivity index (χ1n) is 5.27. The fraction of sp³-hybridized carbons (Fsp3) is 0.167. The first kappa shape index (κ1) is 11.3. The Morgan fingerprint density at radius 2 is 2.00 bits per heavy atom. The van der Waals surface area contributed by atoms with E-state index < -0.39 is 6.67 Å². The molecule has 88 valence electrons. The zero-order valence-corrected chi connectivity index (χ0v) is 9.25. The third-order valence-electron chi connectivity index (χ3n) is 2.25. The predicted octanol–water partition coefficient (Wildman–Crippen LogP) is 2.00. The minimum atomic E-state index is -0.440. The lowest BCUT2D eigenvalue weighted by Crippen LogP contribution is -1.99. The number of alkyl halides is 1. The number of aryl methyl sites for hydroxylation is 1. The Hall–Kier alpha value is -2.17. The molecule has 0 aliphatic heterocycles. The molecule has 0 spiro atoms. The maximum atomic E-state index is 12.1. The predicted molar refractivity (Wildman–Crippen MR) is 65.8 cm³/mol. The number of anilines is 1. The smallest absolute Gasteiger partial charge is 0.109 e. The number of hydrogen-bond acceptors (Lipinski definition) is 3. The number of nitrogen functional groups attached to an aromatic ring is 1. The highest BCUT2D eigenvalue weighted by atomic mass is 19.1. The van der Waals surface area contributed by atoms with E-state index in [4.69, 9.17) is 5.73 Å². The summed E-state index contributed by atoms with van der Waals surface area (Å²) in [6.45, 7) is -0.201. The van der Waals surface area contributed by atoms with Crippen molar-refractivity contribution in [2.24, 2.45) is 0 Å². The van der Waals surface area contributed by atoms with Crippen LogP contribution in [0.1, 0.15) is 11.3 Å². The van der Waals surface area contributed by atoms with Gasteiger partial charge in [0.25, 0.3) is 0 Å². The van der Waals surface area contributed by atoms with Crippen molar-refractivity contribution in [3.63, 3.8) is 0 Å². The number of hydrogen-bond donors (Lipinski definition) is 1. The van der Waals surface area contributed by atoms with Crippen molar-refractivity contribution in [1.29, 1.82) is 0 Å². The van der Waals surface area contributed by atoms with E-state index in [-0.39, 0.29) is 6.54 Å². The number of benzene rings is 1. The Bertz CT molecular complexity index is 501. The van der Waals surface area contributed by atoms with E-state index in [9.17, 15) is 4.39 Å². The molecule has 0 atom stereocenters. The van der Waals surface area contributed by atoms with E-state index in [1.165, 1.54) is 4.68 Å². The van der Waals surface area contributed by atoms with Crippen LogP contribution in [-0.4, -0.2) is 21.7 Å². The van der Waals surface area contributed by atoms with Gasteiger partial charge in [0.15, 0.2) is 0 Å². The van der Waals surface area contributed by atoms with Gasteiger partial charge in [-0.05, 0) is 23.8 Å². The van der Waals surface area contributed by atoms with Crippen LogP contribution >= 0.6 is 0 Å². The molecule has 0 fully saturated rings. The molecular weight excluding hydrogens is 219 g/mol. The van der Waals surface area contributed by atoms with Crippen molar-refractivity contribution in [2.45, 2.75) is 6.54 Å². The zero-order valence-electron chi connectivity index (χ0n) is 9.25. The molecule has 0 aliphatic carbocycles. The summed E-state index contributed by atoms with van der Waals surface area (Å²) in [6, 6.07) is 7.49. The third-order valence-corrected chi connectivity index (χ3v) is 2.25. The van der Waals surface area contributed by atoms with Gasteiger partial charge in [0.05, 0.1) is 12.7 Å². The second-order valence-corrected chi connectivity index (χ2v) is 3.60. The van der Waals surface area contributed by atoms with Crippen molar-refractivity contribution in [1.82, 2.24) is 15.0 Å². The van der Waals surface area contributed by atoms with Crippen LogP contribution in [0.2, 0.25) is 0 Å². The lowest BCUT2D eigenvalue weighted by atomic mass is 10.2. The van der Waals surface area contributed by atoms with E-state index in [0.717, 1.165) is 11.3 Å². The minimum absolute atomic E-state index is 0.239. The molecule has 2 aromatic rings. The van der Waals surface area contributed by atoms with Gasteiger partial charge in [-0.1, -0.05) is 23.4 Å². The number of halogens is 1. The number of aromatic nitrogens is 3. The van der Waals surface area contributed by atoms with E-state index in [1.807, 2.05) is 36.4 Å². The van der Waals surface area contributed by atoms with Crippen LogP contribution in [-0.2, 0) is 6.54 Å². The molecule has 0 saturated heterocycles. The minimum Gasteiger partial charge on any atom is -0.399 e. The van der Waals surface area contributed by atoms with Crippen molar-refractivity contribution in [3.05, 3.63) is 41.7 Å². The fourth-order valence-corrected chi connectivity index (χ4v) is 1.37. The Morgan fingerprint density at radius 3 is 2.71 bits per heavy atom. The molecule has 0 aliphatic rings. The first-order valence-corrected chi connectivity index (χ1v) is 5.27. The van der Waals surface area contributed by atoms with Crippen LogP contribution in [0.3, 0.4) is 0 Å². The van der Waals surface area contributed by atoms with E-state index in [0.29, 0.717) is 5.69 Å². The summed E-state index contributed by atoms with van der Waals surface area (Å²) in [5, 5.41) is 7.69. The SMILES string of the molecule is Nc1ccc(/C=C/c2cn(CCF)nn2)cc1. The number of rotatable bonds is 4. The topological polar surface area (TPSA) is 56.7 Å². The molecule has 0 saturated carbocycles. The highest BCUT2D eigenvalue weighted by Gasteiger charge is 1.96. The van der Waals surface area contributed by atoms with Gasteiger partial charge < -0.3 is 5.73 Å². The quantitative estimate of drug-likeness (QED) is 0.820. The standard InChI is InChI=1S/C12H13FN4/c13-7-8-17-9-12(15-16-17)6-3-10-1-4-11(14)5-2-10/h1-6,9H,7-8,14H2/b6-3+. The summed E-state index contributed by atoms with van der Waals surface area (Å²) in [5.74, 6) is 0. The van der Waals surface area contributed by atoms with E-state index >= 15 is 0 Å².